The first-order chi connectivity index (χ1) is 9.02. The number of imide groups is 1. The molecule has 0 radical (unpaired) electrons. The van der Waals surface area contributed by atoms with E-state index < -0.39 is 17.9 Å². The van der Waals surface area contributed by atoms with Gasteiger partial charge in [0.25, 0.3) is 0 Å². The van der Waals surface area contributed by atoms with E-state index in [0.717, 1.165) is 0 Å². The van der Waals surface area contributed by atoms with Crippen molar-refractivity contribution in [3.05, 3.63) is 0 Å². The van der Waals surface area contributed by atoms with E-state index in [0.29, 0.717) is 25.7 Å². The SMILES string of the molecule is CNC(=O)NC(=O)CCOC1CCC(C(=O)O)CC1. The number of ether oxygens (including phenoxy) is 1. The Bertz CT molecular complexity index is 337. The second-order valence-corrected chi connectivity index (χ2v) is 4.56. The van der Waals surface area contributed by atoms with Gasteiger partial charge in [-0.05, 0) is 25.7 Å². The van der Waals surface area contributed by atoms with E-state index >= 15 is 0 Å². The molecule has 0 atom stereocenters. The first-order valence-corrected chi connectivity index (χ1v) is 6.39. The van der Waals surface area contributed by atoms with Gasteiger partial charge in [0, 0.05) is 7.05 Å². The molecule has 0 unspecified atom stereocenters. The van der Waals surface area contributed by atoms with Crippen molar-refractivity contribution in [1.29, 1.82) is 0 Å². The van der Waals surface area contributed by atoms with Crippen molar-refractivity contribution in [2.45, 2.75) is 38.2 Å². The molecule has 7 heteroatoms. The summed E-state index contributed by atoms with van der Waals surface area (Å²) >= 11 is 0. The van der Waals surface area contributed by atoms with E-state index in [9.17, 15) is 14.4 Å². The van der Waals surface area contributed by atoms with Gasteiger partial charge in [-0.2, -0.15) is 0 Å². The zero-order chi connectivity index (χ0) is 14.3. The minimum atomic E-state index is -0.747. The lowest BCUT2D eigenvalue weighted by Crippen LogP contribution is -2.38. The molecule has 1 aliphatic rings. The molecule has 0 aliphatic heterocycles. The summed E-state index contributed by atoms with van der Waals surface area (Å²) < 4.78 is 5.51. The Hall–Kier alpha value is -1.63. The van der Waals surface area contributed by atoms with Crippen LogP contribution in [0.15, 0.2) is 0 Å². The molecule has 1 fully saturated rings. The number of amides is 3. The van der Waals surface area contributed by atoms with Crippen LogP contribution in [0.3, 0.4) is 0 Å². The van der Waals surface area contributed by atoms with Gasteiger partial charge in [0.2, 0.25) is 5.91 Å². The fourth-order valence-electron chi connectivity index (χ4n) is 2.05. The van der Waals surface area contributed by atoms with Crippen LogP contribution in [0.25, 0.3) is 0 Å². The van der Waals surface area contributed by atoms with Gasteiger partial charge in [-0.1, -0.05) is 0 Å². The van der Waals surface area contributed by atoms with Crippen LogP contribution in [0.1, 0.15) is 32.1 Å². The third kappa shape index (κ3) is 5.69. The van der Waals surface area contributed by atoms with E-state index in [1.165, 1.54) is 7.05 Å². The molecule has 0 aromatic heterocycles. The second kappa shape index (κ2) is 7.73. The Morgan fingerprint density at radius 3 is 2.37 bits per heavy atom. The van der Waals surface area contributed by atoms with Gasteiger partial charge < -0.3 is 15.2 Å². The number of carboxylic acids is 1. The zero-order valence-electron chi connectivity index (χ0n) is 11.0. The largest absolute Gasteiger partial charge is 0.481 e. The molecular formula is C12H20N2O5. The molecule has 0 spiro atoms. The maximum Gasteiger partial charge on any atom is 0.321 e. The Kier molecular flexibility index (Phi) is 6.27. The Balaban J connectivity index is 2.12. The molecule has 1 rings (SSSR count). The standard InChI is InChI=1S/C12H20N2O5/c1-13-12(18)14-10(15)6-7-19-9-4-2-8(3-5-9)11(16)17/h8-9H,2-7H2,1H3,(H,16,17)(H2,13,14,15,18). The lowest BCUT2D eigenvalue weighted by atomic mass is 9.87. The maximum atomic E-state index is 11.3. The average molecular weight is 272 g/mol. The monoisotopic (exact) mass is 272 g/mol. The van der Waals surface area contributed by atoms with Gasteiger partial charge in [0.05, 0.1) is 25.0 Å². The Morgan fingerprint density at radius 1 is 1.21 bits per heavy atom. The molecule has 0 saturated heterocycles. The smallest absolute Gasteiger partial charge is 0.321 e. The minimum absolute atomic E-state index is 0.0170. The molecule has 1 aliphatic carbocycles. The van der Waals surface area contributed by atoms with Crippen molar-refractivity contribution in [2.24, 2.45) is 5.92 Å². The number of carboxylic acid groups (broad SMARTS) is 1. The topological polar surface area (TPSA) is 105 Å². The van der Waals surface area contributed by atoms with Crippen LogP contribution in [0.4, 0.5) is 4.79 Å². The number of nitrogens with one attached hydrogen (secondary N) is 2. The molecule has 19 heavy (non-hydrogen) atoms. The first-order valence-electron chi connectivity index (χ1n) is 6.39. The van der Waals surface area contributed by atoms with Crippen LogP contribution in [0, 0.1) is 5.92 Å². The molecule has 0 bridgehead atoms. The van der Waals surface area contributed by atoms with E-state index in [-0.39, 0.29) is 25.0 Å². The number of carbonyl (C=O) groups excluding carboxylic acids is 2. The Labute approximate surface area is 111 Å². The fraction of sp³-hybridized carbons (Fsp3) is 0.750. The van der Waals surface area contributed by atoms with Gasteiger partial charge in [0.15, 0.2) is 0 Å². The van der Waals surface area contributed by atoms with E-state index in [1.54, 1.807) is 0 Å². The summed E-state index contributed by atoms with van der Waals surface area (Å²) in [6.07, 6.45) is 2.77. The predicted molar refractivity (Wildman–Crippen MR) is 66.5 cm³/mol. The van der Waals surface area contributed by atoms with Crippen molar-refractivity contribution >= 4 is 17.9 Å². The third-order valence-corrected chi connectivity index (χ3v) is 3.19. The lowest BCUT2D eigenvalue weighted by Gasteiger charge is -2.26. The average Bonchev–Trinajstić information content (AvgIpc) is 2.39. The second-order valence-electron chi connectivity index (χ2n) is 4.56. The van der Waals surface area contributed by atoms with Crippen molar-refractivity contribution in [2.75, 3.05) is 13.7 Å². The number of hydrogen-bond acceptors (Lipinski definition) is 4. The molecular weight excluding hydrogens is 252 g/mol. The van der Waals surface area contributed by atoms with Crippen LogP contribution in [0.5, 0.6) is 0 Å². The number of hydrogen-bond donors (Lipinski definition) is 3. The summed E-state index contributed by atoms with van der Waals surface area (Å²) in [7, 11) is 1.43. The highest BCUT2D eigenvalue weighted by Crippen LogP contribution is 2.26. The number of urea groups is 1. The van der Waals surface area contributed by atoms with Crippen LogP contribution in [-0.2, 0) is 14.3 Å². The molecule has 3 N–H and O–H groups in total. The molecule has 0 heterocycles. The molecule has 7 nitrogen and oxygen atoms in total. The highest BCUT2D eigenvalue weighted by molar-refractivity contribution is 5.94. The highest BCUT2D eigenvalue weighted by Gasteiger charge is 2.26. The van der Waals surface area contributed by atoms with Crippen LogP contribution in [0.2, 0.25) is 0 Å². The fourth-order valence-corrected chi connectivity index (χ4v) is 2.05. The quantitative estimate of drug-likeness (QED) is 0.675. The number of aliphatic carboxylic acids is 1. The highest BCUT2D eigenvalue weighted by atomic mass is 16.5. The van der Waals surface area contributed by atoms with E-state index in [4.69, 9.17) is 9.84 Å². The van der Waals surface area contributed by atoms with Crippen molar-refractivity contribution in [3.8, 4) is 0 Å². The first kappa shape index (κ1) is 15.4. The van der Waals surface area contributed by atoms with Crippen LogP contribution < -0.4 is 10.6 Å². The number of carbonyl (C=O) groups is 3. The lowest BCUT2D eigenvalue weighted by molar-refractivity contribution is -0.143. The Morgan fingerprint density at radius 2 is 1.84 bits per heavy atom. The van der Waals surface area contributed by atoms with Gasteiger partial charge in [0.1, 0.15) is 0 Å². The number of rotatable bonds is 5. The third-order valence-electron chi connectivity index (χ3n) is 3.19. The van der Waals surface area contributed by atoms with Gasteiger partial charge in [-0.3, -0.25) is 14.9 Å². The summed E-state index contributed by atoms with van der Waals surface area (Å²) in [5, 5.41) is 13.3. The molecule has 0 aromatic carbocycles. The summed E-state index contributed by atoms with van der Waals surface area (Å²) in [5.74, 6) is -1.40. The van der Waals surface area contributed by atoms with Gasteiger partial charge in [-0.15, -0.1) is 0 Å². The summed E-state index contributed by atoms with van der Waals surface area (Å²) in [5.41, 5.74) is 0. The van der Waals surface area contributed by atoms with Crippen molar-refractivity contribution < 1.29 is 24.2 Å². The normalized spacial score (nSPS) is 22.6. The van der Waals surface area contributed by atoms with E-state index in [2.05, 4.69) is 10.6 Å². The zero-order valence-corrected chi connectivity index (χ0v) is 11.0. The van der Waals surface area contributed by atoms with E-state index in [1.807, 2.05) is 0 Å². The predicted octanol–water partition coefficient (Wildman–Crippen LogP) is 0.492. The molecule has 0 aromatic rings. The molecule has 108 valence electrons. The minimum Gasteiger partial charge on any atom is -0.481 e. The van der Waals surface area contributed by atoms with Crippen LogP contribution >= 0.6 is 0 Å². The summed E-state index contributed by atoms with van der Waals surface area (Å²) in [6.45, 7) is 0.241. The van der Waals surface area contributed by atoms with Gasteiger partial charge in [-0.25, -0.2) is 4.79 Å². The van der Waals surface area contributed by atoms with Crippen molar-refractivity contribution in [3.63, 3.8) is 0 Å². The van der Waals surface area contributed by atoms with Crippen LogP contribution in [-0.4, -0.2) is 42.8 Å². The molecule has 3 amide bonds. The maximum absolute atomic E-state index is 11.3. The summed E-state index contributed by atoms with van der Waals surface area (Å²) in [4.78, 5) is 32.9. The molecule has 1 saturated carbocycles. The van der Waals surface area contributed by atoms with Gasteiger partial charge >= 0.3 is 12.0 Å². The summed E-state index contributed by atoms with van der Waals surface area (Å²) in [6, 6.07) is -0.535. The van der Waals surface area contributed by atoms with Crippen molar-refractivity contribution in [1.82, 2.24) is 10.6 Å².